The van der Waals surface area contributed by atoms with Crippen molar-refractivity contribution in [2.75, 3.05) is 0 Å². The predicted octanol–water partition coefficient (Wildman–Crippen LogP) is 6.65. The third-order valence-corrected chi connectivity index (χ3v) is 10.2. The van der Waals surface area contributed by atoms with Gasteiger partial charge in [-0.2, -0.15) is 0 Å². The highest BCUT2D eigenvalue weighted by atomic mass is 127. The number of rotatable bonds is 2. The molecule has 4 aliphatic rings. The standard InChI is InChI=1S/C27H28ClIO3/c1-16-13-22-21-8-7-18-15-20(30)9-10-26(18,3)27(21,28)12-11-25(22,2)23(16)32-24(31)17-5-4-6-19(29)14-17/h4-6,9-10,13-15,21-23H,7-8,11-12H2,1-3H3/t21-,22-,23?,25-,26-,27+/m0/s1. The molecule has 0 aliphatic heterocycles. The van der Waals surface area contributed by atoms with Crippen LogP contribution in [0.2, 0.25) is 0 Å². The monoisotopic (exact) mass is 562 g/mol. The summed E-state index contributed by atoms with van der Waals surface area (Å²) in [6.45, 7) is 6.55. The lowest BCUT2D eigenvalue weighted by Crippen LogP contribution is -2.60. The quantitative estimate of drug-likeness (QED) is 0.175. The second-order valence-corrected chi connectivity index (χ2v) is 12.3. The van der Waals surface area contributed by atoms with E-state index in [9.17, 15) is 9.59 Å². The number of alkyl halides is 1. The summed E-state index contributed by atoms with van der Waals surface area (Å²) in [7, 11) is 0. The normalized spacial score (nSPS) is 40.0. The summed E-state index contributed by atoms with van der Waals surface area (Å²) in [5.74, 6) is 0.308. The molecule has 5 rings (SSSR count). The zero-order valence-corrected chi connectivity index (χ0v) is 21.6. The number of allylic oxidation sites excluding steroid dienone is 5. The van der Waals surface area contributed by atoms with Gasteiger partial charge in [0.25, 0.3) is 0 Å². The van der Waals surface area contributed by atoms with Gasteiger partial charge in [-0.05, 0) is 103 Å². The van der Waals surface area contributed by atoms with Crippen LogP contribution in [0.1, 0.15) is 56.8 Å². The molecule has 168 valence electrons. The SMILES string of the molecule is CC1=C[C@H]2[C@@H]3CCC4=CC(=O)C=C[C@]4(C)[C@@]3(Cl)CC[C@]2(C)C1OC(=O)c1cccc(I)c1. The fourth-order valence-corrected chi connectivity index (χ4v) is 7.96. The molecule has 0 N–H and O–H groups in total. The molecule has 0 amide bonds. The Morgan fingerprint density at radius 2 is 2.03 bits per heavy atom. The third-order valence-electron chi connectivity index (χ3n) is 8.70. The van der Waals surface area contributed by atoms with Crippen LogP contribution in [0.25, 0.3) is 0 Å². The molecule has 1 aromatic rings. The Hall–Kier alpha value is -1.40. The Morgan fingerprint density at radius 3 is 2.78 bits per heavy atom. The summed E-state index contributed by atoms with van der Waals surface area (Å²) in [5.41, 5.74) is 2.40. The predicted molar refractivity (Wildman–Crippen MR) is 135 cm³/mol. The second kappa shape index (κ2) is 7.56. The van der Waals surface area contributed by atoms with Gasteiger partial charge in [-0.3, -0.25) is 4.79 Å². The number of carbonyl (C=O) groups excluding carboxylic acids is 2. The van der Waals surface area contributed by atoms with E-state index in [1.54, 1.807) is 12.2 Å². The van der Waals surface area contributed by atoms with Crippen molar-refractivity contribution in [3.8, 4) is 0 Å². The number of hydrogen-bond donors (Lipinski definition) is 0. The van der Waals surface area contributed by atoms with Crippen molar-refractivity contribution in [3.05, 3.63) is 68.8 Å². The van der Waals surface area contributed by atoms with Crippen LogP contribution in [-0.2, 0) is 9.53 Å². The minimum atomic E-state index is -0.441. The number of halogens is 2. The molecule has 3 nitrogen and oxygen atoms in total. The maximum atomic E-state index is 13.0. The molecule has 1 aromatic carbocycles. The Labute approximate surface area is 208 Å². The first-order valence-electron chi connectivity index (χ1n) is 11.4. The van der Waals surface area contributed by atoms with E-state index < -0.39 is 4.87 Å². The fourth-order valence-electron chi connectivity index (χ4n) is 6.90. The Kier molecular flexibility index (Phi) is 5.29. The van der Waals surface area contributed by atoms with Crippen LogP contribution in [-0.4, -0.2) is 22.7 Å². The molecule has 0 bridgehead atoms. The van der Waals surface area contributed by atoms with E-state index in [-0.39, 0.29) is 40.5 Å². The van der Waals surface area contributed by atoms with Crippen molar-refractivity contribution in [2.24, 2.45) is 22.7 Å². The lowest BCUT2D eigenvalue weighted by molar-refractivity contribution is -0.111. The van der Waals surface area contributed by atoms with Gasteiger partial charge in [0, 0.05) is 14.4 Å². The summed E-state index contributed by atoms with van der Waals surface area (Å²) in [4.78, 5) is 24.6. The number of benzene rings is 1. The molecule has 5 heteroatoms. The van der Waals surface area contributed by atoms with Gasteiger partial charge in [-0.25, -0.2) is 4.79 Å². The summed E-state index contributed by atoms with van der Waals surface area (Å²) in [5, 5.41) is 0. The molecule has 2 fully saturated rings. The first-order chi connectivity index (χ1) is 15.1. The maximum Gasteiger partial charge on any atom is 0.338 e. The highest BCUT2D eigenvalue weighted by molar-refractivity contribution is 14.1. The van der Waals surface area contributed by atoms with Gasteiger partial charge in [0.15, 0.2) is 5.78 Å². The van der Waals surface area contributed by atoms with E-state index in [1.807, 2.05) is 30.3 Å². The largest absolute Gasteiger partial charge is 0.454 e. The minimum Gasteiger partial charge on any atom is -0.454 e. The van der Waals surface area contributed by atoms with Crippen LogP contribution in [0.4, 0.5) is 0 Å². The van der Waals surface area contributed by atoms with Gasteiger partial charge in [-0.15, -0.1) is 11.6 Å². The lowest BCUT2D eigenvalue weighted by atomic mass is 9.47. The first kappa shape index (κ1) is 22.4. The highest BCUT2D eigenvalue weighted by Gasteiger charge is 2.65. The van der Waals surface area contributed by atoms with Crippen LogP contribution >= 0.6 is 34.2 Å². The molecule has 0 heterocycles. The van der Waals surface area contributed by atoms with E-state index in [4.69, 9.17) is 16.3 Å². The average molecular weight is 563 g/mol. The van der Waals surface area contributed by atoms with Crippen LogP contribution in [0.3, 0.4) is 0 Å². The van der Waals surface area contributed by atoms with Crippen LogP contribution in [0.15, 0.2) is 59.7 Å². The maximum absolute atomic E-state index is 13.0. The molecule has 6 atom stereocenters. The summed E-state index contributed by atoms with van der Waals surface area (Å²) in [6, 6.07) is 7.54. The number of ether oxygens (including phenoxy) is 1. The van der Waals surface area contributed by atoms with Crippen molar-refractivity contribution in [1.29, 1.82) is 0 Å². The molecular formula is C27H28ClIO3. The topological polar surface area (TPSA) is 43.4 Å². The van der Waals surface area contributed by atoms with E-state index in [2.05, 4.69) is 49.4 Å². The number of hydrogen-bond acceptors (Lipinski definition) is 3. The lowest BCUT2D eigenvalue weighted by Gasteiger charge is -2.61. The first-order valence-corrected chi connectivity index (χ1v) is 12.8. The third kappa shape index (κ3) is 3.12. The van der Waals surface area contributed by atoms with Gasteiger partial charge in [0.2, 0.25) is 0 Å². The Balaban J connectivity index is 1.45. The van der Waals surface area contributed by atoms with Gasteiger partial charge in [-0.1, -0.05) is 37.6 Å². The molecule has 32 heavy (non-hydrogen) atoms. The highest BCUT2D eigenvalue weighted by Crippen LogP contribution is 2.68. The number of ketones is 1. The van der Waals surface area contributed by atoms with E-state index in [0.717, 1.165) is 34.8 Å². The molecule has 0 spiro atoms. The van der Waals surface area contributed by atoms with Crippen LogP contribution in [0.5, 0.6) is 0 Å². The van der Waals surface area contributed by atoms with Crippen molar-refractivity contribution in [1.82, 2.24) is 0 Å². The molecule has 0 saturated heterocycles. The smallest absolute Gasteiger partial charge is 0.338 e. The average Bonchev–Trinajstić information content (AvgIpc) is 3.00. The van der Waals surface area contributed by atoms with Crippen LogP contribution < -0.4 is 0 Å². The van der Waals surface area contributed by atoms with Crippen molar-refractivity contribution in [2.45, 2.75) is 57.4 Å². The van der Waals surface area contributed by atoms with Crippen molar-refractivity contribution in [3.63, 3.8) is 0 Å². The zero-order valence-electron chi connectivity index (χ0n) is 18.7. The summed E-state index contributed by atoms with van der Waals surface area (Å²) in [6.07, 6.45) is 11.2. The van der Waals surface area contributed by atoms with Gasteiger partial charge < -0.3 is 4.74 Å². The number of fused-ring (bicyclic) bond motifs is 5. The zero-order chi connectivity index (χ0) is 22.9. The van der Waals surface area contributed by atoms with E-state index in [1.165, 1.54) is 5.57 Å². The van der Waals surface area contributed by atoms with Crippen molar-refractivity contribution >= 4 is 45.9 Å². The molecular weight excluding hydrogens is 535 g/mol. The van der Waals surface area contributed by atoms with E-state index in [0.29, 0.717) is 5.56 Å². The van der Waals surface area contributed by atoms with Crippen LogP contribution in [0, 0.1) is 26.2 Å². The van der Waals surface area contributed by atoms with Gasteiger partial charge in [0.05, 0.1) is 10.4 Å². The number of carbonyl (C=O) groups is 2. The molecule has 2 saturated carbocycles. The van der Waals surface area contributed by atoms with Gasteiger partial charge >= 0.3 is 5.97 Å². The van der Waals surface area contributed by atoms with E-state index >= 15 is 0 Å². The molecule has 0 aromatic heterocycles. The second-order valence-electron chi connectivity index (χ2n) is 10.4. The van der Waals surface area contributed by atoms with Crippen molar-refractivity contribution < 1.29 is 14.3 Å². The number of esters is 1. The fraction of sp³-hybridized carbons (Fsp3) is 0.481. The molecule has 1 unspecified atom stereocenters. The Bertz CT molecular complexity index is 1100. The van der Waals surface area contributed by atoms with Gasteiger partial charge in [0.1, 0.15) is 6.10 Å². The summed E-state index contributed by atoms with van der Waals surface area (Å²) >= 11 is 9.76. The Morgan fingerprint density at radius 1 is 1.25 bits per heavy atom. The molecule has 4 aliphatic carbocycles. The summed E-state index contributed by atoms with van der Waals surface area (Å²) < 4.78 is 7.19. The minimum absolute atomic E-state index is 0.0657. The molecule has 0 radical (unpaired) electrons.